The number of nitrogens with zero attached hydrogens (tertiary/aromatic N) is 1. The lowest BCUT2D eigenvalue weighted by Gasteiger charge is -2.48. The second kappa shape index (κ2) is 6.73. The van der Waals surface area contributed by atoms with Gasteiger partial charge in [-0.2, -0.15) is 0 Å². The van der Waals surface area contributed by atoms with Crippen LogP contribution in [0.5, 0.6) is 11.7 Å². The maximum Gasteiger partial charge on any atom is 0.291 e. The average Bonchev–Trinajstić information content (AvgIpc) is 3.01. The van der Waals surface area contributed by atoms with Crippen molar-refractivity contribution in [3.63, 3.8) is 0 Å². The van der Waals surface area contributed by atoms with Crippen LogP contribution in [0, 0.1) is 5.92 Å². The minimum absolute atomic E-state index is 0.0287. The highest BCUT2D eigenvalue weighted by molar-refractivity contribution is 6.30. The molecule has 0 saturated carbocycles. The van der Waals surface area contributed by atoms with Gasteiger partial charge >= 0.3 is 0 Å². The highest BCUT2D eigenvalue weighted by Gasteiger charge is 2.38. The maximum absolute atomic E-state index is 12.5. The van der Waals surface area contributed by atoms with Crippen molar-refractivity contribution in [1.82, 2.24) is 10.2 Å². The summed E-state index contributed by atoms with van der Waals surface area (Å²) in [7, 11) is 0. The van der Waals surface area contributed by atoms with Crippen LogP contribution in [-0.4, -0.2) is 36.0 Å². The van der Waals surface area contributed by atoms with Gasteiger partial charge in [-0.3, -0.25) is 9.69 Å². The molecule has 0 radical (unpaired) electrons. The van der Waals surface area contributed by atoms with Crippen molar-refractivity contribution in [1.29, 1.82) is 0 Å². The van der Waals surface area contributed by atoms with Crippen molar-refractivity contribution in [2.24, 2.45) is 5.92 Å². The number of ether oxygens (including phenoxy) is 1. The van der Waals surface area contributed by atoms with Crippen LogP contribution in [-0.2, 0) is 0 Å². The molecule has 1 aromatic heterocycles. The third-order valence-electron chi connectivity index (χ3n) is 5.25. The number of fused-ring (bicyclic) bond motifs is 3. The van der Waals surface area contributed by atoms with Crippen LogP contribution in [0.2, 0.25) is 5.02 Å². The summed E-state index contributed by atoms with van der Waals surface area (Å²) in [6.07, 6.45) is 3.75. The topological polar surface area (TPSA) is 54.7 Å². The fourth-order valence-corrected chi connectivity index (χ4v) is 3.98. The van der Waals surface area contributed by atoms with E-state index in [4.69, 9.17) is 20.8 Å². The molecule has 0 spiro atoms. The Bertz CT molecular complexity index is 758. The van der Waals surface area contributed by atoms with Gasteiger partial charge in [0, 0.05) is 30.3 Å². The summed E-state index contributed by atoms with van der Waals surface area (Å²) in [5, 5.41) is 3.69. The molecule has 3 saturated heterocycles. The quantitative estimate of drug-likeness (QED) is 0.897. The number of amides is 1. The molecule has 132 valence electrons. The Morgan fingerprint density at radius 3 is 2.76 bits per heavy atom. The Hall–Kier alpha value is -1.98. The number of benzene rings is 1. The smallest absolute Gasteiger partial charge is 0.291 e. The van der Waals surface area contributed by atoms with Crippen molar-refractivity contribution in [3.8, 4) is 11.7 Å². The number of piperidine rings is 3. The Balaban J connectivity index is 1.37. The fraction of sp³-hybridized carbons (Fsp3) is 0.421. The number of halogens is 1. The summed E-state index contributed by atoms with van der Waals surface area (Å²) in [6.45, 7) is 4.38. The number of hydrogen-bond donors (Lipinski definition) is 1. The largest absolute Gasteiger partial charge is 0.432 e. The lowest BCUT2D eigenvalue weighted by atomic mass is 9.80. The summed E-state index contributed by atoms with van der Waals surface area (Å²) < 4.78 is 10.7. The van der Waals surface area contributed by atoms with Crippen LogP contribution in [0.15, 0.2) is 41.0 Å². The van der Waals surface area contributed by atoms with Gasteiger partial charge in [0.25, 0.3) is 11.9 Å². The monoisotopic (exact) mass is 360 g/mol. The van der Waals surface area contributed by atoms with Gasteiger partial charge in [-0.15, -0.1) is 0 Å². The van der Waals surface area contributed by atoms with Crippen molar-refractivity contribution in [2.45, 2.75) is 31.8 Å². The number of carbonyl (C=O) groups excluding carboxylic acids is 1. The van der Waals surface area contributed by atoms with E-state index in [1.54, 1.807) is 30.3 Å². The van der Waals surface area contributed by atoms with Crippen molar-refractivity contribution < 1.29 is 13.9 Å². The molecule has 1 aromatic carbocycles. The lowest BCUT2D eigenvalue weighted by molar-refractivity contribution is 0.0274. The van der Waals surface area contributed by atoms with E-state index in [0.29, 0.717) is 34.2 Å². The number of carbonyl (C=O) groups is 1. The number of furan rings is 1. The zero-order chi connectivity index (χ0) is 17.4. The first-order valence-corrected chi connectivity index (χ1v) is 9.03. The molecule has 3 aliphatic heterocycles. The van der Waals surface area contributed by atoms with Crippen molar-refractivity contribution >= 4 is 17.5 Å². The van der Waals surface area contributed by atoms with E-state index in [1.807, 2.05) is 0 Å². The lowest BCUT2D eigenvalue weighted by Crippen LogP contribution is -2.60. The van der Waals surface area contributed by atoms with Crippen LogP contribution >= 0.6 is 11.6 Å². The van der Waals surface area contributed by atoms with Crippen molar-refractivity contribution in [2.75, 3.05) is 13.1 Å². The maximum atomic E-state index is 12.5. The van der Waals surface area contributed by atoms with E-state index in [2.05, 4.69) is 17.1 Å². The van der Waals surface area contributed by atoms with Gasteiger partial charge in [0.15, 0.2) is 0 Å². The van der Waals surface area contributed by atoms with Gasteiger partial charge < -0.3 is 14.5 Å². The molecule has 4 unspecified atom stereocenters. The van der Waals surface area contributed by atoms with Gasteiger partial charge in [-0.05, 0) is 56.5 Å². The fourth-order valence-electron chi connectivity index (χ4n) is 3.85. The van der Waals surface area contributed by atoms with Crippen LogP contribution in [0.3, 0.4) is 0 Å². The molecule has 3 aliphatic rings. The summed E-state index contributed by atoms with van der Waals surface area (Å²) in [6, 6.07) is 9.51. The average molecular weight is 361 g/mol. The minimum Gasteiger partial charge on any atom is -0.432 e. The molecule has 2 aromatic rings. The van der Waals surface area contributed by atoms with E-state index in [-0.39, 0.29) is 11.9 Å². The Morgan fingerprint density at radius 1 is 1.36 bits per heavy atom. The second-order valence-corrected chi connectivity index (χ2v) is 7.36. The molecule has 4 atom stereocenters. The molecule has 1 amide bonds. The van der Waals surface area contributed by atoms with Gasteiger partial charge in [-0.1, -0.05) is 11.6 Å². The molecule has 5 rings (SSSR count). The number of hydrogen-bond acceptors (Lipinski definition) is 4. The summed E-state index contributed by atoms with van der Waals surface area (Å²) in [4.78, 5) is 15.0. The predicted octanol–water partition coefficient (Wildman–Crippen LogP) is 3.94. The number of nitrogens with one attached hydrogen (secondary N) is 1. The molecular weight excluding hydrogens is 340 g/mol. The van der Waals surface area contributed by atoms with E-state index in [9.17, 15) is 4.79 Å². The van der Waals surface area contributed by atoms with Gasteiger partial charge in [-0.25, -0.2) is 0 Å². The molecule has 1 N–H and O–H groups in total. The first-order valence-electron chi connectivity index (χ1n) is 8.65. The van der Waals surface area contributed by atoms with Crippen molar-refractivity contribution in [3.05, 3.63) is 47.2 Å². The zero-order valence-electron chi connectivity index (χ0n) is 14.1. The highest BCUT2D eigenvalue weighted by Crippen LogP contribution is 2.32. The van der Waals surface area contributed by atoms with Crippen LogP contribution in [0.25, 0.3) is 0 Å². The first-order chi connectivity index (χ1) is 12.1. The third-order valence-corrected chi connectivity index (χ3v) is 5.45. The minimum atomic E-state index is -0.0287. The van der Waals surface area contributed by atoms with Gasteiger partial charge in [0.2, 0.25) is 0 Å². The Labute approximate surface area is 151 Å². The Kier molecular flexibility index (Phi) is 4.44. The van der Waals surface area contributed by atoms with E-state index < -0.39 is 0 Å². The molecular formula is C19H21ClN2O3. The highest BCUT2D eigenvalue weighted by atomic mass is 35.5. The molecule has 0 aliphatic carbocycles. The molecule has 6 heteroatoms. The summed E-state index contributed by atoms with van der Waals surface area (Å²) in [5.41, 5.74) is 0.634. The molecule has 2 bridgehead atoms. The van der Waals surface area contributed by atoms with Gasteiger partial charge in [0.05, 0.1) is 5.02 Å². The molecule has 4 heterocycles. The number of rotatable bonds is 4. The molecule has 25 heavy (non-hydrogen) atoms. The standard InChI is InChI=1S/C19H21ClN2O3/c1-12-8-14-6-7-22(12)10-17(14)21-19(23)13-2-4-16(5-3-13)25-18-9-15(20)11-24-18/h2-5,9,11-12,14,17H,6-8,10H2,1H3,(H,21,23). The normalized spacial score (nSPS) is 27.9. The van der Waals surface area contributed by atoms with Crippen LogP contribution in [0.1, 0.15) is 30.1 Å². The van der Waals surface area contributed by atoms with E-state index in [0.717, 1.165) is 13.1 Å². The zero-order valence-corrected chi connectivity index (χ0v) is 14.8. The summed E-state index contributed by atoms with van der Waals surface area (Å²) in [5.74, 6) is 1.48. The SMILES string of the molecule is CC1CC2CCN1CC2NC(=O)c1ccc(Oc2cc(Cl)co2)cc1. The predicted molar refractivity (Wildman–Crippen MR) is 95.2 cm³/mol. The van der Waals surface area contributed by atoms with E-state index in [1.165, 1.54) is 19.1 Å². The first kappa shape index (κ1) is 16.5. The Morgan fingerprint density at radius 2 is 2.16 bits per heavy atom. The van der Waals surface area contributed by atoms with E-state index >= 15 is 0 Å². The van der Waals surface area contributed by atoms with Crippen LogP contribution < -0.4 is 10.1 Å². The third kappa shape index (κ3) is 3.53. The second-order valence-electron chi connectivity index (χ2n) is 6.92. The molecule has 3 fully saturated rings. The van der Waals surface area contributed by atoms with Crippen LogP contribution in [0.4, 0.5) is 0 Å². The molecule has 5 nitrogen and oxygen atoms in total. The summed E-state index contributed by atoms with van der Waals surface area (Å²) >= 11 is 5.79. The van der Waals surface area contributed by atoms with Gasteiger partial charge in [0.1, 0.15) is 12.0 Å².